The molecule has 0 saturated carbocycles. The molecule has 3 rings (SSSR count). The normalized spacial score (nSPS) is 14.8. The molecule has 21 heavy (non-hydrogen) atoms. The van der Waals surface area contributed by atoms with Gasteiger partial charge in [0.05, 0.1) is 20.3 Å². The van der Waals surface area contributed by atoms with E-state index < -0.39 is 6.09 Å². The highest BCUT2D eigenvalue weighted by molar-refractivity contribution is 5.93. The lowest BCUT2D eigenvalue weighted by Crippen LogP contribution is -2.06. The minimum absolute atomic E-state index is 0.0732. The van der Waals surface area contributed by atoms with Gasteiger partial charge in [0.1, 0.15) is 5.75 Å². The van der Waals surface area contributed by atoms with Gasteiger partial charge in [-0.3, -0.25) is 0 Å². The van der Waals surface area contributed by atoms with Crippen molar-refractivity contribution in [3.05, 3.63) is 23.8 Å². The molecular weight excluding hydrogens is 276 g/mol. The molecule has 1 aliphatic rings. The van der Waals surface area contributed by atoms with E-state index in [4.69, 9.17) is 19.0 Å². The Hall–Kier alpha value is -2.54. The van der Waals surface area contributed by atoms with E-state index in [2.05, 4.69) is 10.3 Å². The summed E-state index contributed by atoms with van der Waals surface area (Å²) in [6.45, 7) is 1.20. The third-order valence-electron chi connectivity index (χ3n) is 3.25. The minimum Gasteiger partial charge on any atom is -0.494 e. The number of anilines is 1. The number of benzene rings is 1. The number of ether oxygens (including phenoxy) is 2. The monoisotopic (exact) mass is 290 g/mol. The molecule has 0 radical (unpaired) electrons. The molecule has 0 atom stereocenters. The number of aromatic nitrogens is 1. The molecule has 0 spiro atoms. The third kappa shape index (κ3) is 2.55. The van der Waals surface area contributed by atoms with Crippen LogP contribution in [0.15, 0.2) is 22.6 Å². The van der Waals surface area contributed by atoms with E-state index in [-0.39, 0.29) is 6.01 Å². The van der Waals surface area contributed by atoms with Crippen LogP contribution in [0.5, 0.6) is 5.75 Å². The van der Waals surface area contributed by atoms with Crippen LogP contribution in [0.1, 0.15) is 12.0 Å². The molecule has 0 saturated heterocycles. The van der Waals surface area contributed by atoms with Gasteiger partial charge in [-0.05, 0) is 24.1 Å². The van der Waals surface area contributed by atoms with Crippen molar-refractivity contribution in [3.8, 4) is 5.75 Å². The molecule has 110 valence electrons. The van der Waals surface area contributed by atoms with E-state index in [9.17, 15) is 4.79 Å². The van der Waals surface area contributed by atoms with Crippen LogP contribution >= 0.6 is 0 Å². The Morgan fingerprint density at radius 3 is 3.00 bits per heavy atom. The molecule has 2 N–H and O–H groups in total. The largest absolute Gasteiger partial charge is 0.494 e. The number of fused-ring (bicyclic) bond motifs is 1. The third-order valence-corrected chi connectivity index (χ3v) is 3.25. The molecule has 7 nitrogen and oxygen atoms in total. The van der Waals surface area contributed by atoms with Crippen molar-refractivity contribution < 1.29 is 23.8 Å². The second kappa shape index (κ2) is 5.45. The molecule has 1 aromatic heterocycles. The zero-order valence-electron chi connectivity index (χ0n) is 11.4. The van der Waals surface area contributed by atoms with Gasteiger partial charge in [-0.15, -0.1) is 0 Å². The summed E-state index contributed by atoms with van der Waals surface area (Å²) in [5.41, 5.74) is 2.96. The number of nitrogens with one attached hydrogen (secondary N) is 1. The predicted octanol–water partition coefficient (Wildman–Crippen LogP) is 2.73. The van der Waals surface area contributed by atoms with Crippen LogP contribution in [0.2, 0.25) is 0 Å². The van der Waals surface area contributed by atoms with Crippen molar-refractivity contribution in [2.24, 2.45) is 0 Å². The van der Waals surface area contributed by atoms with Crippen LogP contribution in [0.3, 0.4) is 0 Å². The van der Waals surface area contributed by atoms with Gasteiger partial charge in [-0.1, -0.05) is 6.08 Å². The second-order valence-electron chi connectivity index (χ2n) is 4.50. The van der Waals surface area contributed by atoms with Crippen LogP contribution in [0, 0.1) is 0 Å². The summed E-state index contributed by atoms with van der Waals surface area (Å²) in [5, 5.41) is 10.9. The average Bonchev–Trinajstić information content (AvgIpc) is 2.89. The smallest absolute Gasteiger partial charge is 0.412 e. The first-order valence-corrected chi connectivity index (χ1v) is 6.43. The highest BCUT2D eigenvalue weighted by atomic mass is 16.5. The lowest BCUT2D eigenvalue weighted by atomic mass is 10.0. The molecule has 1 aromatic carbocycles. The second-order valence-corrected chi connectivity index (χ2v) is 4.50. The van der Waals surface area contributed by atoms with Crippen LogP contribution in [-0.4, -0.2) is 36.5 Å². The van der Waals surface area contributed by atoms with Gasteiger partial charge in [0.15, 0.2) is 11.1 Å². The summed E-state index contributed by atoms with van der Waals surface area (Å²) in [5.74, 6) is 0.531. The van der Waals surface area contributed by atoms with Crippen LogP contribution in [0.25, 0.3) is 16.7 Å². The molecule has 2 heterocycles. The van der Waals surface area contributed by atoms with Gasteiger partial charge in [0.2, 0.25) is 0 Å². The number of oxazole rings is 1. The topological polar surface area (TPSA) is 93.8 Å². The molecule has 0 aliphatic carbocycles. The van der Waals surface area contributed by atoms with E-state index in [0.717, 1.165) is 17.6 Å². The van der Waals surface area contributed by atoms with E-state index in [0.29, 0.717) is 30.1 Å². The van der Waals surface area contributed by atoms with Crippen molar-refractivity contribution >= 4 is 28.8 Å². The Bertz CT molecular complexity index is 719. The Morgan fingerprint density at radius 1 is 1.48 bits per heavy atom. The molecule has 7 heteroatoms. The molecule has 0 unspecified atom stereocenters. The maximum absolute atomic E-state index is 10.7. The molecule has 1 amide bonds. The van der Waals surface area contributed by atoms with E-state index in [1.165, 1.54) is 7.11 Å². The first kappa shape index (κ1) is 13.4. The number of amides is 1. The van der Waals surface area contributed by atoms with Crippen LogP contribution in [-0.2, 0) is 4.74 Å². The molecule has 0 fully saturated rings. The fourth-order valence-electron chi connectivity index (χ4n) is 2.32. The van der Waals surface area contributed by atoms with E-state index >= 15 is 0 Å². The molecule has 2 aromatic rings. The minimum atomic E-state index is -1.23. The van der Waals surface area contributed by atoms with E-state index in [1.54, 1.807) is 6.07 Å². The zero-order valence-corrected chi connectivity index (χ0v) is 11.4. The Morgan fingerprint density at radius 2 is 2.33 bits per heavy atom. The standard InChI is InChI=1S/C14H14N2O5/c1-19-10-3-2-9(8-4-6-20-7-5-8)12-11(10)15-13(21-12)16-14(17)18/h2-4H,5-7H2,1H3,(H,15,16)(H,17,18). The summed E-state index contributed by atoms with van der Waals surface area (Å²) in [6, 6.07) is 3.60. The highest BCUT2D eigenvalue weighted by Crippen LogP contribution is 2.35. The number of rotatable bonds is 3. The first-order valence-electron chi connectivity index (χ1n) is 6.43. The highest BCUT2D eigenvalue weighted by Gasteiger charge is 2.19. The Balaban J connectivity index is 2.14. The maximum atomic E-state index is 10.7. The number of nitrogens with zero attached hydrogens (tertiary/aromatic N) is 1. The number of methoxy groups -OCH3 is 1. The Kier molecular flexibility index (Phi) is 3.49. The predicted molar refractivity (Wildman–Crippen MR) is 75.6 cm³/mol. The van der Waals surface area contributed by atoms with Crippen molar-refractivity contribution in [2.75, 3.05) is 25.6 Å². The van der Waals surface area contributed by atoms with Crippen LogP contribution in [0.4, 0.5) is 10.8 Å². The maximum Gasteiger partial charge on any atom is 0.412 e. The summed E-state index contributed by atoms with van der Waals surface area (Å²) < 4.78 is 16.1. The van der Waals surface area contributed by atoms with Gasteiger partial charge in [-0.2, -0.15) is 4.98 Å². The fourth-order valence-corrected chi connectivity index (χ4v) is 2.32. The molecular formula is C14H14N2O5. The van der Waals surface area contributed by atoms with Gasteiger partial charge >= 0.3 is 12.1 Å². The number of carboxylic acid groups (broad SMARTS) is 1. The first-order chi connectivity index (χ1) is 10.2. The van der Waals surface area contributed by atoms with Crippen molar-refractivity contribution in [1.82, 2.24) is 4.98 Å². The van der Waals surface area contributed by atoms with Gasteiger partial charge < -0.3 is 19.0 Å². The van der Waals surface area contributed by atoms with Gasteiger partial charge in [-0.25, -0.2) is 10.1 Å². The summed E-state index contributed by atoms with van der Waals surface area (Å²) in [4.78, 5) is 14.9. The SMILES string of the molecule is COc1ccc(C2=CCOCC2)c2oc(NC(=O)O)nc12. The lowest BCUT2D eigenvalue weighted by molar-refractivity contribution is 0.161. The summed E-state index contributed by atoms with van der Waals surface area (Å²) >= 11 is 0. The van der Waals surface area contributed by atoms with Gasteiger partial charge in [0.25, 0.3) is 0 Å². The number of hydrogen-bond acceptors (Lipinski definition) is 5. The zero-order chi connectivity index (χ0) is 14.8. The molecule has 0 bridgehead atoms. The quantitative estimate of drug-likeness (QED) is 0.902. The van der Waals surface area contributed by atoms with Crippen molar-refractivity contribution in [1.29, 1.82) is 0 Å². The summed E-state index contributed by atoms with van der Waals surface area (Å²) in [6.07, 6.45) is 1.52. The van der Waals surface area contributed by atoms with Crippen LogP contribution < -0.4 is 10.1 Å². The molecule has 1 aliphatic heterocycles. The average molecular weight is 290 g/mol. The van der Waals surface area contributed by atoms with Crippen molar-refractivity contribution in [3.63, 3.8) is 0 Å². The summed E-state index contributed by atoms with van der Waals surface area (Å²) in [7, 11) is 1.53. The number of hydrogen-bond donors (Lipinski definition) is 2. The van der Waals surface area contributed by atoms with Crippen molar-refractivity contribution in [2.45, 2.75) is 6.42 Å². The number of carbonyl (C=O) groups is 1. The Labute approximate surface area is 120 Å². The van der Waals surface area contributed by atoms with E-state index in [1.807, 2.05) is 12.1 Å². The fraction of sp³-hybridized carbons (Fsp3) is 0.286. The van der Waals surface area contributed by atoms with Gasteiger partial charge in [0, 0.05) is 5.56 Å². The lowest BCUT2D eigenvalue weighted by Gasteiger charge is -2.14.